The molecule has 80 valence electrons. The Morgan fingerprint density at radius 3 is 2.67 bits per heavy atom. The molecule has 0 atom stereocenters. The maximum Gasteiger partial charge on any atom is 0.220 e. The van der Waals surface area contributed by atoms with E-state index in [0.717, 1.165) is 19.5 Å². The highest BCUT2D eigenvalue weighted by Gasteiger charge is 2.18. The molecule has 1 amide bonds. The molecule has 2 N–H and O–H groups in total. The number of hydrogen-bond acceptors (Lipinski definition) is 2. The van der Waals surface area contributed by atoms with Crippen molar-refractivity contribution in [3.05, 3.63) is 35.9 Å². The van der Waals surface area contributed by atoms with Crippen LogP contribution >= 0.6 is 0 Å². The van der Waals surface area contributed by atoms with Gasteiger partial charge < -0.3 is 10.6 Å². The van der Waals surface area contributed by atoms with Crippen molar-refractivity contribution in [2.24, 2.45) is 0 Å². The number of benzene rings is 1. The highest BCUT2D eigenvalue weighted by atomic mass is 16.1. The molecule has 1 fully saturated rings. The normalized spacial score (nSPS) is 15.7. The van der Waals surface area contributed by atoms with Crippen LogP contribution in [0, 0.1) is 0 Å². The lowest BCUT2D eigenvalue weighted by Crippen LogP contribution is -2.56. The minimum absolute atomic E-state index is 0.158. The summed E-state index contributed by atoms with van der Waals surface area (Å²) in [6.45, 7) is 1.83. The predicted molar refractivity (Wildman–Crippen MR) is 59.6 cm³/mol. The van der Waals surface area contributed by atoms with E-state index in [0.29, 0.717) is 12.5 Å². The zero-order valence-electron chi connectivity index (χ0n) is 8.70. The van der Waals surface area contributed by atoms with Gasteiger partial charge in [0.25, 0.3) is 0 Å². The van der Waals surface area contributed by atoms with Gasteiger partial charge >= 0.3 is 0 Å². The molecule has 0 bridgehead atoms. The van der Waals surface area contributed by atoms with Gasteiger partial charge in [0.05, 0.1) is 6.04 Å². The first kappa shape index (κ1) is 10.2. The average Bonchev–Trinajstić information content (AvgIpc) is 2.22. The molecule has 0 unspecified atom stereocenters. The van der Waals surface area contributed by atoms with Crippen LogP contribution in [-0.2, 0) is 11.2 Å². The molecule has 1 aromatic carbocycles. The van der Waals surface area contributed by atoms with Crippen molar-refractivity contribution in [3.8, 4) is 0 Å². The van der Waals surface area contributed by atoms with Crippen molar-refractivity contribution in [2.75, 3.05) is 13.1 Å². The summed E-state index contributed by atoms with van der Waals surface area (Å²) in [5.74, 6) is 0.158. The number of rotatable bonds is 4. The van der Waals surface area contributed by atoms with E-state index in [1.807, 2.05) is 18.2 Å². The lowest BCUT2D eigenvalue weighted by Gasteiger charge is -2.27. The van der Waals surface area contributed by atoms with E-state index in [9.17, 15) is 4.79 Å². The van der Waals surface area contributed by atoms with Crippen LogP contribution in [-0.4, -0.2) is 25.0 Å². The third-order valence-electron chi connectivity index (χ3n) is 2.63. The van der Waals surface area contributed by atoms with Crippen LogP contribution in [0.3, 0.4) is 0 Å². The summed E-state index contributed by atoms with van der Waals surface area (Å²) >= 11 is 0. The molecule has 1 heterocycles. The molecule has 2 rings (SSSR count). The fraction of sp³-hybridized carbons (Fsp3) is 0.417. The van der Waals surface area contributed by atoms with Gasteiger partial charge in [-0.25, -0.2) is 0 Å². The maximum absolute atomic E-state index is 11.5. The van der Waals surface area contributed by atoms with E-state index in [-0.39, 0.29) is 5.91 Å². The first-order valence-electron chi connectivity index (χ1n) is 5.38. The van der Waals surface area contributed by atoms with Gasteiger partial charge in [-0.15, -0.1) is 0 Å². The summed E-state index contributed by atoms with van der Waals surface area (Å²) in [6.07, 6.45) is 1.41. The number of nitrogens with one attached hydrogen (secondary N) is 2. The zero-order chi connectivity index (χ0) is 10.5. The van der Waals surface area contributed by atoms with Crippen molar-refractivity contribution in [2.45, 2.75) is 18.9 Å². The molecular weight excluding hydrogens is 188 g/mol. The Morgan fingerprint density at radius 2 is 2.07 bits per heavy atom. The Balaban J connectivity index is 1.71. The molecule has 1 aliphatic rings. The van der Waals surface area contributed by atoms with Gasteiger partial charge in [0, 0.05) is 19.5 Å². The van der Waals surface area contributed by atoms with Crippen molar-refractivity contribution >= 4 is 5.91 Å². The van der Waals surface area contributed by atoms with Gasteiger partial charge in [-0.05, 0) is 12.0 Å². The van der Waals surface area contributed by atoms with E-state index in [1.165, 1.54) is 5.56 Å². The van der Waals surface area contributed by atoms with E-state index >= 15 is 0 Å². The second-order valence-corrected chi connectivity index (χ2v) is 3.91. The summed E-state index contributed by atoms with van der Waals surface area (Å²) in [5.41, 5.74) is 1.22. The quantitative estimate of drug-likeness (QED) is 0.758. The van der Waals surface area contributed by atoms with Crippen molar-refractivity contribution in [1.29, 1.82) is 0 Å². The molecule has 0 radical (unpaired) electrons. The first-order chi connectivity index (χ1) is 7.34. The fourth-order valence-corrected chi connectivity index (χ4v) is 1.59. The molecule has 1 aliphatic heterocycles. The van der Waals surface area contributed by atoms with Crippen molar-refractivity contribution < 1.29 is 4.79 Å². The molecule has 0 spiro atoms. The third kappa shape index (κ3) is 3.06. The molecule has 15 heavy (non-hydrogen) atoms. The Bertz CT molecular complexity index is 320. The van der Waals surface area contributed by atoms with Crippen LogP contribution in [0.2, 0.25) is 0 Å². The standard InChI is InChI=1S/C12H16N2O/c15-12(14-11-8-13-9-11)7-6-10-4-2-1-3-5-10/h1-5,11,13H,6-9H2,(H,14,15). The van der Waals surface area contributed by atoms with Crippen molar-refractivity contribution in [1.82, 2.24) is 10.6 Å². The van der Waals surface area contributed by atoms with E-state index in [1.54, 1.807) is 0 Å². The third-order valence-corrected chi connectivity index (χ3v) is 2.63. The summed E-state index contributed by atoms with van der Waals surface area (Å²) in [5, 5.41) is 6.11. The summed E-state index contributed by atoms with van der Waals surface area (Å²) in [6, 6.07) is 10.5. The minimum atomic E-state index is 0.158. The Hall–Kier alpha value is -1.35. The fourth-order valence-electron chi connectivity index (χ4n) is 1.59. The van der Waals surface area contributed by atoms with Crippen LogP contribution < -0.4 is 10.6 Å². The molecule has 3 heteroatoms. The van der Waals surface area contributed by atoms with Crippen LogP contribution in [0.5, 0.6) is 0 Å². The Kier molecular flexibility index (Phi) is 3.35. The number of carbonyl (C=O) groups is 1. The van der Waals surface area contributed by atoms with E-state index in [2.05, 4.69) is 22.8 Å². The van der Waals surface area contributed by atoms with Gasteiger partial charge in [-0.2, -0.15) is 0 Å². The highest BCUT2D eigenvalue weighted by molar-refractivity contribution is 5.76. The molecule has 0 saturated carbocycles. The van der Waals surface area contributed by atoms with Gasteiger partial charge in [0.2, 0.25) is 5.91 Å². The smallest absolute Gasteiger partial charge is 0.220 e. The molecule has 1 aromatic rings. The second-order valence-electron chi connectivity index (χ2n) is 3.91. The maximum atomic E-state index is 11.5. The van der Waals surface area contributed by atoms with Gasteiger partial charge in [0.1, 0.15) is 0 Å². The Morgan fingerprint density at radius 1 is 1.33 bits per heavy atom. The molecular formula is C12H16N2O. The highest BCUT2D eigenvalue weighted by Crippen LogP contribution is 2.02. The van der Waals surface area contributed by atoms with Gasteiger partial charge in [-0.1, -0.05) is 30.3 Å². The largest absolute Gasteiger partial charge is 0.351 e. The summed E-state index contributed by atoms with van der Waals surface area (Å²) in [4.78, 5) is 11.5. The summed E-state index contributed by atoms with van der Waals surface area (Å²) < 4.78 is 0. The monoisotopic (exact) mass is 204 g/mol. The van der Waals surface area contributed by atoms with E-state index < -0.39 is 0 Å². The number of aryl methyl sites for hydroxylation is 1. The predicted octanol–water partition coefficient (Wildman–Crippen LogP) is 0.707. The van der Waals surface area contributed by atoms with E-state index in [4.69, 9.17) is 0 Å². The lowest BCUT2D eigenvalue weighted by atomic mass is 10.1. The van der Waals surface area contributed by atoms with Crippen LogP contribution in [0.25, 0.3) is 0 Å². The van der Waals surface area contributed by atoms with Crippen LogP contribution in [0.4, 0.5) is 0 Å². The molecule has 0 aliphatic carbocycles. The number of carbonyl (C=O) groups excluding carboxylic acids is 1. The minimum Gasteiger partial charge on any atom is -0.351 e. The first-order valence-corrected chi connectivity index (χ1v) is 5.38. The average molecular weight is 204 g/mol. The van der Waals surface area contributed by atoms with Crippen LogP contribution in [0.15, 0.2) is 30.3 Å². The summed E-state index contributed by atoms with van der Waals surface area (Å²) in [7, 11) is 0. The Labute approximate surface area is 89.9 Å². The number of hydrogen-bond donors (Lipinski definition) is 2. The lowest BCUT2D eigenvalue weighted by molar-refractivity contribution is -0.122. The molecule has 1 saturated heterocycles. The SMILES string of the molecule is O=C(CCc1ccccc1)NC1CNC1. The topological polar surface area (TPSA) is 41.1 Å². The zero-order valence-corrected chi connectivity index (χ0v) is 8.70. The number of amides is 1. The van der Waals surface area contributed by atoms with Crippen molar-refractivity contribution in [3.63, 3.8) is 0 Å². The van der Waals surface area contributed by atoms with Crippen LogP contribution in [0.1, 0.15) is 12.0 Å². The second kappa shape index (κ2) is 4.94. The molecule has 0 aromatic heterocycles. The molecule has 3 nitrogen and oxygen atoms in total. The van der Waals surface area contributed by atoms with Gasteiger partial charge in [-0.3, -0.25) is 4.79 Å². The van der Waals surface area contributed by atoms with Gasteiger partial charge in [0.15, 0.2) is 0 Å².